The van der Waals surface area contributed by atoms with Crippen molar-refractivity contribution in [1.82, 2.24) is 0 Å². The van der Waals surface area contributed by atoms with Crippen molar-refractivity contribution >= 4 is 23.9 Å². The number of carboxylic acids is 1. The molecule has 6 unspecified atom stereocenters. The van der Waals surface area contributed by atoms with E-state index in [1.165, 1.54) is 109 Å². The van der Waals surface area contributed by atoms with Gasteiger partial charge in [-0.05, 0) is 57.8 Å². The molecule has 1 rings (SSSR count). The number of carboxylic acid groups (broad SMARTS) is 1. The second-order valence-electron chi connectivity index (χ2n) is 19.9. The van der Waals surface area contributed by atoms with E-state index < -0.39 is 67.3 Å². The quantitative estimate of drug-likeness (QED) is 0.0228. The number of allylic oxidation sites excluding steroid dienone is 10. The fourth-order valence-corrected chi connectivity index (χ4v) is 8.64. The Kier molecular flexibility index (Phi) is 45.5. The van der Waals surface area contributed by atoms with E-state index in [-0.39, 0.29) is 25.9 Å². The monoisotopic (exact) mass is 1030 g/mol. The molecule has 1 aliphatic rings. The standard InChI is InChI=1S/C61H104O12/c1-4-7-10-13-16-19-21-23-25-27-29-31-33-36-38-41-44-47-53(62)69-50-52(71-54(63)48-45-42-39-35-18-15-12-9-6-3)51-70-61-59(57(66)56(65)58(73-61)60(67)68)72-55(64)49-46-43-40-37-34-32-30-28-26-24-22-20-17-14-11-8-5-2/h7,10,16,19,23,25,29,31,36,38,52,56-59,61,65-66H,4-6,8-9,11-15,17-18,20-22,24,26-28,30,32-35,37,39-51H2,1-3H3,(H,67,68)/b10-7-,19-16-,25-23-,31-29-,38-36-. The highest BCUT2D eigenvalue weighted by Crippen LogP contribution is 2.26. The third kappa shape index (κ3) is 39.5. The van der Waals surface area contributed by atoms with Crippen LogP contribution in [-0.2, 0) is 42.9 Å². The van der Waals surface area contributed by atoms with Crippen molar-refractivity contribution in [2.75, 3.05) is 13.2 Å². The lowest BCUT2D eigenvalue weighted by Crippen LogP contribution is -2.61. The van der Waals surface area contributed by atoms with E-state index in [0.29, 0.717) is 25.7 Å². The van der Waals surface area contributed by atoms with Crippen LogP contribution in [0.3, 0.4) is 0 Å². The minimum absolute atomic E-state index is 0.0587. The lowest BCUT2D eigenvalue weighted by molar-refractivity contribution is -0.301. The first-order valence-electron chi connectivity index (χ1n) is 29.3. The van der Waals surface area contributed by atoms with Crippen molar-refractivity contribution in [1.29, 1.82) is 0 Å². The average molecular weight is 1030 g/mol. The van der Waals surface area contributed by atoms with Crippen molar-refractivity contribution in [3.63, 3.8) is 0 Å². The molecule has 73 heavy (non-hydrogen) atoms. The van der Waals surface area contributed by atoms with E-state index in [2.05, 4.69) is 75.5 Å². The van der Waals surface area contributed by atoms with Crippen molar-refractivity contribution in [2.24, 2.45) is 0 Å². The van der Waals surface area contributed by atoms with Gasteiger partial charge in [0.15, 0.2) is 24.6 Å². The summed E-state index contributed by atoms with van der Waals surface area (Å²) in [7, 11) is 0. The number of aliphatic hydroxyl groups is 2. The molecular weight excluding hydrogens is 925 g/mol. The fourth-order valence-electron chi connectivity index (χ4n) is 8.64. The van der Waals surface area contributed by atoms with Gasteiger partial charge in [0, 0.05) is 19.3 Å². The van der Waals surface area contributed by atoms with Crippen LogP contribution in [0.25, 0.3) is 0 Å². The third-order valence-corrected chi connectivity index (χ3v) is 13.1. The molecular formula is C61H104O12. The van der Waals surface area contributed by atoms with Gasteiger partial charge in [0.2, 0.25) is 0 Å². The summed E-state index contributed by atoms with van der Waals surface area (Å²) >= 11 is 0. The molecule has 6 atom stereocenters. The molecule has 3 N–H and O–H groups in total. The Labute approximate surface area is 443 Å². The largest absolute Gasteiger partial charge is 0.479 e. The van der Waals surface area contributed by atoms with E-state index >= 15 is 0 Å². The molecule has 12 nitrogen and oxygen atoms in total. The van der Waals surface area contributed by atoms with Gasteiger partial charge in [-0.1, -0.05) is 236 Å². The Hall–Kier alpha value is -3.58. The molecule has 0 aromatic carbocycles. The normalized spacial score (nSPS) is 18.7. The van der Waals surface area contributed by atoms with Crippen molar-refractivity contribution in [3.05, 3.63) is 60.8 Å². The summed E-state index contributed by atoms with van der Waals surface area (Å²) in [6.45, 7) is 5.81. The summed E-state index contributed by atoms with van der Waals surface area (Å²) < 4.78 is 28.3. The summed E-state index contributed by atoms with van der Waals surface area (Å²) in [5, 5.41) is 31.4. The summed E-state index contributed by atoms with van der Waals surface area (Å²) in [5.74, 6) is -3.19. The summed E-state index contributed by atoms with van der Waals surface area (Å²) in [5.41, 5.74) is 0. The number of rotatable bonds is 49. The van der Waals surface area contributed by atoms with Crippen LogP contribution in [-0.4, -0.2) is 89.2 Å². The van der Waals surface area contributed by atoms with Gasteiger partial charge < -0.3 is 39.0 Å². The summed E-state index contributed by atoms with van der Waals surface area (Å²) in [4.78, 5) is 51.0. The molecule has 1 fully saturated rings. The number of hydrogen-bond donors (Lipinski definition) is 3. The molecule has 0 amide bonds. The predicted molar refractivity (Wildman–Crippen MR) is 294 cm³/mol. The minimum Gasteiger partial charge on any atom is -0.479 e. The van der Waals surface area contributed by atoms with Gasteiger partial charge in [0.05, 0.1) is 6.61 Å². The molecule has 1 aliphatic heterocycles. The first kappa shape index (κ1) is 67.4. The first-order valence-corrected chi connectivity index (χ1v) is 29.3. The molecule has 420 valence electrons. The zero-order valence-corrected chi connectivity index (χ0v) is 46.1. The zero-order chi connectivity index (χ0) is 53.3. The Bertz CT molecular complexity index is 1500. The third-order valence-electron chi connectivity index (χ3n) is 13.1. The van der Waals surface area contributed by atoms with Crippen molar-refractivity contribution < 1.29 is 58.2 Å². The van der Waals surface area contributed by atoms with Gasteiger partial charge in [-0.25, -0.2) is 4.79 Å². The number of aliphatic carboxylic acids is 1. The second-order valence-corrected chi connectivity index (χ2v) is 19.9. The Balaban J connectivity index is 2.67. The Morgan fingerprint density at radius 3 is 1.30 bits per heavy atom. The molecule has 0 radical (unpaired) electrons. The number of carbonyl (C=O) groups excluding carboxylic acids is 3. The molecule has 12 heteroatoms. The van der Waals surface area contributed by atoms with Crippen LogP contribution in [0.2, 0.25) is 0 Å². The number of carbonyl (C=O) groups is 4. The van der Waals surface area contributed by atoms with Crippen molar-refractivity contribution in [2.45, 2.75) is 289 Å². The smallest absolute Gasteiger partial charge is 0.335 e. The van der Waals surface area contributed by atoms with E-state index in [9.17, 15) is 34.5 Å². The Morgan fingerprint density at radius 2 is 0.863 bits per heavy atom. The van der Waals surface area contributed by atoms with Crippen LogP contribution >= 0.6 is 0 Å². The van der Waals surface area contributed by atoms with Crippen LogP contribution in [0.4, 0.5) is 0 Å². The fraction of sp³-hybridized carbons (Fsp3) is 0.770. The molecule has 0 bridgehead atoms. The highest BCUT2D eigenvalue weighted by Gasteiger charge is 2.50. The SMILES string of the molecule is CC/C=C\C/C=C\C/C=C\C/C=C\C/C=C\CCCC(=O)OCC(COC1OC(C(=O)O)C(O)C(O)C1OC(=O)CCCCCCCCCCCCCCCCCCC)OC(=O)CCCCCCCCCCC. The van der Waals surface area contributed by atoms with Gasteiger partial charge in [-0.15, -0.1) is 0 Å². The highest BCUT2D eigenvalue weighted by atomic mass is 16.7. The number of esters is 3. The maximum absolute atomic E-state index is 13.1. The van der Waals surface area contributed by atoms with Gasteiger partial charge in [0.25, 0.3) is 0 Å². The lowest BCUT2D eigenvalue weighted by atomic mass is 9.98. The molecule has 0 aromatic heterocycles. The van der Waals surface area contributed by atoms with Gasteiger partial charge in [-0.3, -0.25) is 14.4 Å². The van der Waals surface area contributed by atoms with Gasteiger partial charge in [-0.2, -0.15) is 0 Å². The second kappa shape index (κ2) is 49.3. The van der Waals surface area contributed by atoms with Crippen LogP contribution in [0.1, 0.15) is 252 Å². The topological polar surface area (TPSA) is 175 Å². The first-order chi connectivity index (χ1) is 35.6. The lowest BCUT2D eigenvalue weighted by Gasteiger charge is -2.40. The number of ether oxygens (including phenoxy) is 5. The molecule has 1 heterocycles. The molecule has 0 spiro atoms. The van der Waals surface area contributed by atoms with Gasteiger partial charge >= 0.3 is 23.9 Å². The van der Waals surface area contributed by atoms with E-state index in [0.717, 1.165) is 77.0 Å². The van der Waals surface area contributed by atoms with Gasteiger partial charge in [0.1, 0.15) is 18.8 Å². The summed E-state index contributed by atoms with van der Waals surface area (Å²) in [6, 6.07) is 0. The summed E-state index contributed by atoms with van der Waals surface area (Å²) in [6.07, 6.45) is 47.8. The number of aliphatic hydroxyl groups excluding tert-OH is 2. The predicted octanol–water partition coefficient (Wildman–Crippen LogP) is 14.8. The van der Waals surface area contributed by atoms with Crippen LogP contribution in [0, 0.1) is 0 Å². The van der Waals surface area contributed by atoms with Crippen LogP contribution < -0.4 is 0 Å². The highest BCUT2D eigenvalue weighted by molar-refractivity contribution is 5.74. The number of hydrogen-bond acceptors (Lipinski definition) is 11. The Morgan fingerprint density at radius 1 is 0.466 bits per heavy atom. The van der Waals surface area contributed by atoms with E-state index in [4.69, 9.17) is 23.7 Å². The average Bonchev–Trinajstić information content (AvgIpc) is 3.37. The van der Waals surface area contributed by atoms with E-state index in [1.54, 1.807) is 0 Å². The van der Waals surface area contributed by atoms with Crippen LogP contribution in [0.5, 0.6) is 0 Å². The zero-order valence-electron chi connectivity index (χ0n) is 46.1. The molecule has 1 saturated heterocycles. The molecule has 0 saturated carbocycles. The molecule has 0 aliphatic carbocycles. The van der Waals surface area contributed by atoms with E-state index in [1.807, 2.05) is 6.08 Å². The van der Waals surface area contributed by atoms with Crippen molar-refractivity contribution in [3.8, 4) is 0 Å². The van der Waals surface area contributed by atoms with Crippen LogP contribution in [0.15, 0.2) is 60.8 Å². The minimum atomic E-state index is -1.91. The maximum Gasteiger partial charge on any atom is 0.335 e. The maximum atomic E-state index is 13.1. The number of unbranched alkanes of at least 4 members (excludes halogenated alkanes) is 25. The molecule has 0 aromatic rings.